The largest absolute Gasteiger partial charge is 0.391 e. The van der Waals surface area contributed by atoms with E-state index in [0.717, 1.165) is 17.2 Å². The summed E-state index contributed by atoms with van der Waals surface area (Å²) in [6, 6.07) is 1.61. The normalized spacial score (nSPS) is 27.2. The highest BCUT2D eigenvalue weighted by Gasteiger charge is 2.44. The zero-order valence-corrected chi connectivity index (χ0v) is 12.9. The SMILES string of the molecule is Cc1cc(S(=O)(=O)N2CCC3(CC2)CC(O)CO3)sn1. The lowest BCUT2D eigenvalue weighted by molar-refractivity contribution is -0.0322. The number of rotatable bonds is 2. The number of hydrogen-bond donors (Lipinski definition) is 1. The molecule has 0 bridgehead atoms. The third-order valence-electron chi connectivity index (χ3n) is 4.02. The van der Waals surface area contributed by atoms with E-state index in [4.69, 9.17) is 4.74 Å². The molecule has 1 unspecified atom stereocenters. The molecule has 8 heteroatoms. The van der Waals surface area contributed by atoms with Gasteiger partial charge in [-0.2, -0.15) is 8.68 Å². The van der Waals surface area contributed by atoms with Crippen LogP contribution in [-0.2, 0) is 14.8 Å². The average molecular weight is 318 g/mol. The second kappa shape index (κ2) is 5.03. The number of aliphatic hydroxyl groups excluding tert-OH is 1. The molecular formula is C12H18N2O4S2. The maximum Gasteiger partial charge on any atom is 0.254 e. The molecule has 2 aliphatic heterocycles. The van der Waals surface area contributed by atoms with Crippen molar-refractivity contribution >= 4 is 21.6 Å². The Kier molecular flexibility index (Phi) is 3.62. The van der Waals surface area contributed by atoms with Crippen LogP contribution in [0.1, 0.15) is 25.0 Å². The second-order valence-electron chi connectivity index (χ2n) is 5.54. The van der Waals surface area contributed by atoms with Crippen molar-refractivity contribution < 1.29 is 18.3 Å². The minimum atomic E-state index is -3.43. The van der Waals surface area contributed by atoms with E-state index in [0.29, 0.717) is 43.2 Å². The molecule has 0 aromatic carbocycles. The molecule has 1 aromatic heterocycles. The van der Waals surface area contributed by atoms with Crippen LogP contribution in [0.3, 0.4) is 0 Å². The third-order valence-corrected chi connectivity index (χ3v) is 7.23. The van der Waals surface area contributed by atoms with Gasteiger partial charge in [0.1, 0.15) is 0 Å². The smallest absolute Gasteiger partial charge is 0.254 e. The van der Waals surface area contributed by atoms with E-state index in [1.165, 1.54) is 4.31 Å². The summed E-state index contributed by atoms with van der Waals surface area (Å²) >= 11 is 1.02. The molecule has 0 saturated carbocycles. The van der Waals surface area contributed by atoms with Gasteiger partial charge >= 0.3 is 0 Å². The third kappa shape index (κ3) is 2.50. The lowest BCUT2D eigenvalue weighted by Gasteiger charge is -2.37. The highest BCUT2D eigenvalue weighted by atomic mass is 32.2. The quantitative estimate of drug-likeness (QED) is 0.871. The molecule has 112 valence electrons. The van der Waals surface area contributed by atoms with E-state index in [-0.39, 0.29) is 5.60 Å². The zero-order valence-electron chi connectivity index (χ0n) is 11.3. The van der Waals surface area contributed by atoms with Gasteiger partial charge in [0.2, 0.25) is 0 Å². The molecule has 2 aliphatic rings. The van der Waals surface area contributed by atoms with Crippen LogP contribution in [0.4, 0.5) is 0 Å². The number of piperidine rings is 1. The Labute approximate surface area is 122 Å². The highest BCUT2D eigenvalue weighted by molar-refractivity contribution is 7.91. The standard InChI is InChI=1S/C12H18N2O4S2/c1-9-6-11(19-13-9)20(16,17)14-4-2-12(3-5-14)7-10(15)8-18-12/h6,10,15H,2-5,7-8H2,1H3. The molecule has 1 N–H and O–H groups in total. The van der Waals surface area contributed by atoms with Gasteiger partial charge in [-0.15, -0.1) is 0 Å². The van der Waals surface area contributed by atoms with E-state index >= 15 is 0 Å². The number of aliphatic hydroxyl groups is 1. The minimum absolute atomic E-state index is 0.304. The molecule has 0 aliphatic carbocycles. The first-order valence-corrected chi connectivity index (χ1v) is 8.88. The van der Waals surface area contributed by atoms with Crippen molar-refractivity contribution in [3.63, 3.8) is 0 Å². The van der Waals surface area contributed by atoms with Crippen LogP contribution in [0.5, 0.6) is 0 Å². The molecule has 0 amide bonds. The molecule has 2 saturated heterocycles. The summed E-state index contributed by atoms with van der Waals surface area (Å²) in [7, 11) is -3.43. The molecule has 1 aromatic rings. The number of nitrogens with zero attached hydrogens (tertiary/aromatic N) is 2. The van der Waals surface area contributed by atoms with Crippen molar-refractivity contribution in [2.75, 3.05) is 19.7 Å². The number of aryl methyl sites for hydroxylation is 1. The van der Waals surface area contributed by atoms with Gasteiger partial charge in [-0.05, 0) is 37.4 Å². The van der Waals surface area contributed by atoms with Crippen LogP contribution < -0.4 is 0 Å². The number of hydrogen-bond acceptors (Lipinski definition) is 6. The highest BCUT2D eigenvalue weighted by Crippen LogP contribution is 2.37. The maximum absolute atomic E-state index is 12.5. The first-order valence-electron chi connectivity index (χ1n) is 6.67. The Hall–Kier alpha value is -0.540. The average Bonchev–Trinajstić information content (AvgIpc) is 2.98. The van der Waals surface area contributed by atoms with E-state index in [9.17, 15) is 13.5 Å². The number of ether oxygens (including phenoxy) is 1. The molecule has 0 radical (unpaired) electrons. The van der Waals surface area contributed by atoms with Gasteiger partial charge in [-0.3, -0.25) is 0 Å². The summed E-state index contributed by atoms with van der Waals surface area (Å²) in [6.45, 7) is 3.02. The van der Waals surface area contributed by atoms with Gasteiger partial charge in [0, 0.05) is 19.5 Å². The Morgan fingerprint density at radius 2 is 2.20 bits per heavy atom. The summed E-state index contributed by atoms with van der Waals surface area (Å²) in [5.74, 6) is 0. The Bertz CT molecular complexity index is 590. The summed E-state index contributed by atoms with van der Waals surface area (Å²) < 4.78 is 36.5. The van der Waals surface area contributed by atoms with Crippen LogP contribution in [0, 0.1) is 6.92 Å². The molecule has 20 heavy (non-hydrogen) atoms. The predicted molar refractivity (Wildman–Crippen MR) is 74.2 cm³/mol. The molecule has 3 heterocycles. The first kappa shape index (κ1) is 14.4. The maximum atomic E-state index is 12.5. The van der Waals surface area contributed by atoms with E-state index < -0.39 is 16.1 Å². The minimum Gasteiger partial charge on any atom is -0.391 e. The van der Waals surface area contributed by atoms with Crippen molar-refractivity contribution in [3.8, 4) is 0 Å². The molecule has 6 nitrogen and oxygen atoms in total. The summed E-state index contributed by atoms with van der Waals surface area (Å²) in [4.78, 5) is 0. The Balaban J connectivity index is 1.72. The van der Waals surface area contributed by atoms with Crippen molar-refractivity contribution in [3.05, 3.63) is 11.8 Å². The molecule has 1 spiro atoms. The van der Waals surface area contributed by atoms with Gasteiger partial charge in [0.05, 0.1) is 24.0 Å². The van der Waals surface area contributed by atoms with E-state index in [2.05, 4.69) is 4.37 Å². The second-order valence-corrected chi connectivity index (χ2v) is 8.51. The van der Waals surface area contributed by atoms with Crippen LogP contribution >= 0.6 is 11.5 Å². The Morgan fingerprint density at radius 3 is 2.70 bits per heavy atom. The van der Waals surface area contributed by atoms with Crippen LogP contribution in [0.25, 0.3) is 0 Å². The molecule has 3 rings (SSSR count). The summed E-state index contributed by atoms with van der Waals surface area (Å²) in [5.41, 5.74) is 0.402. The predicted octanol–water partition coefficient (Wildman–Crippen LogP) is 0.756. The van der Waals surface area contributed by atoms with Gasteiger partial charge < -0.3 is 9.84 Å². The fourth-order valence-corrected chi connectivity index (χ4v) is 5.44. The summed E-state index contributed by atoms with van der Waals surface area (Å²) in [6.07, 6.45) is 1.48. The van der Waals surface area contributed by atoms with Gasteiger partial charge in [0.15, 0.2) is 4.21 Å². The van der Waals surface area contributed by atoms with Gasteiger partial charge in [-0.1, -0.05) is 0 Å². The van der Waals surface area contributed by atoms with Crippen molar-refractivity contribution in [1.29, 1.82) is 0 Å². The zero-order chi connectivity index (χ0) is 14.4. The summed E-state index contributed by atoms with van der Waals surface area (Å²) in [5, 5.41) is 9.59. The van der Waals surface area contributed by atoms with E-state index in [1.54, 1.807) is 13.0 Å². The van der Waals surface area contributed by atoms with Crippen LogP contribution in [-0.4, -0.2) is 53.6 Å². The molecule has 1 atom stereocenters. The van der Waals surface area contributed by atoms with Crippen LogP contribution in [0.2, 0.25) is 0 Å². The lowest BCUT2D eigenvalue weighted by atomic mass is 9.89. The topological polar surface area (TPSA) is 79.7 Å². The van der Waals surface area contributed by atoms with Crippen LogP contribution in [0.15, 0.2) is 10.3 Å². The number of sulfonamides is 1. The van der Waals surface area contributed by atoms with E-state index in [1.807, 2.05) is 0 Å². The van der Waals surface area contributed by atoms with Crippen molar-refractivity contribution in [2.45, 2.75) is 42.1 Å². The number of aromatic nitrogens is 1. The van der Waals surface area contributed by atoms with Crippen molar-refractivity contribution in [1.82, 2.24) is 8.68 Å². The lowest BCUT2D eigenvalue weighted by Crippen LogP contribution is -2.46. The van der Waals surface area contributed by atoms with Crippen molar-refractivity contribution in [2.24, 2.45) is 0 Å². The monoisotopic (exact) mass is 318 g/mol. The molecular weight excluding hydrogens is 300 g/mol. The van der Waals surface area contributed by atoms with Gasteiger partial charge in [-0.25, -0.2) is 8.42 Å². The molecule has 2 fully saturated rings. The van der Waals surface area contributed by atoms with Gasteiger partial charge in [0.25, 0.3) is 10.0 Å². The fraction of sp³-hybridized carbons (Fsp3) is 0.750. The Morgan fingerprint density at radius 1 is 1.50 bits per heavy atom. The first-order chi connectivity index (χ1) is 9.41. The fourth-order valence-electron chi connectivity index (χ4n) is 2.89.